The smallest absolute Gasteiger partial charge is 1.00 e. The molecule has 1 rings (SSSR count). The number of hydrogen-bond donors (Lipinski definition) is 1. The molecular formula is C7H11KN2O3. The standard InChI is InChI=1S/C7H10N2O3.K.H/c1-7(2,3)6-9-8-4(12-6)5(10)11;;/h1-3H3,(H,10,11);;/q;+1;-1. The molecule has 0 saturated carbocycles. The summed E-state index contributed by atoms with van der Waals surface area (Å²) in [7, 11) is 0. The third-order valence-corrected chi connectivity index (χ3v) is 1.25. The molecule has 1 aromatic heterocycles. The van der Waals surface area contributed by atoms with Gasteiger partial charge in [-0.1, -0.05) is 20.8 Å². The molecule has 0 aromatic carbocycles. The Labute approximate surface area is 120 Å². The molecule has 0 unspecified atom stereocenters. The van der Waals surface area contributed by atoms with Crippen LogP contribution in [0.1, 0.15) is 38.8 Å². The van der Waals surface area contributed by atoms with Crippen LogP contribution in [-0.2, 0) is 5.41 Å². The largest absolute Gasteiger partial charge is 1.00 e. The molecule has 5 nitrogen and oxygen atoms in total. The second-order valence-corrected chi connectivity index (χ2v) is 3.47. The van der Waals surface area contributed by atoms with Gasteiger partial charge in [0.25, 0.3) is 0 Å². The number of aromatic carboxylic acids is 1. The molecular weight excluding hydrogens is 199 g/mol. The zero-order chi connectivity index (χ0) is 9.35. The topological polar surface area (TPSA) is 76.2 Å². The number of carboxylic acid groups (broad SMARTS) is 1. The normalized spacial score (nSPS) is 10.7. The van der Waals surface area contributed by atoms with Crippen molar-refractivity contribution in [3.8, 4) is 0 Å². The quantitative estimate of drug-likeness (QED) is 0.552. The van der Waals surface area contributed by atoms with Gasteiger partial charge in [-0.15, -0.1) is 10.2 Å². The Bertz CT molecular complexity index is 308. The van der Waals surface area contributed by atoms with Crippen LogP contribution in [0.15, 0.2) is 4.42 Å². The fourth-order valence-corrected chi connectivity index (χ4v) is 0.613. The maximum atomic E-state index is 10.3. The molecule has 0 aliphatic carbocycles. The van der Waals surface area contributed by atoms with E-state index in [1.165, 1.54) is 0 Å². The molecule has 0 aliphatic heterocycles. The average molecular weight is 210 g/mol. The van der Waals surface area contributed by atoms with E-state index in [0.717, 1.165) is 0 Å². The fourth-order valence-electron chi connectivity index (χ4n) is 0.613. The van der Waals surface area contributed by atoms with Crippen LogP contribution in [0.5, 0.6) is 0 Å². The molecule has 0 fully saturated rings. The maximum Gasteiger partial charge on any atom is 1.00 e. The van der Waals surface area contributed by atoms with Crippen LogP contribution >= 0.6 is 0 Å². The van der Waals surface area contributed by atoms with Crippen LogP contribution in [0.2, 0.25) is 0 Å². The van der Waals surface area contributed by atoms with E-state index in [2.05, 4.69) is 10.2 Å². The van der Waals surface area contributed by atoms with Crippen LogP contribution in [0, 0.1) is 0 Å². The third kappa shape index (κ3) is 3.47. The molecule has 1 aromatic rings. The predicted octanol–water partition coefficient (Wildman–Crippen LogP) is -1.82. The van der Waals surface area contributed by atoms with Crippen LogP contribution < -0.4 is 51.4 Å². The molecule has 0 amide bonds. The predicted molar refractivity (Wildman–Crippen MR) is 41.1 cm³/mol. The van der Waals surface area contributed by atoms with Crippen molar-refractivity contribution in [1.82, 2.24) is 10.2 Å². The summed E-state index contributed by atoms with van der Waals surface area (Å²) in [5, 5.41) is 15.4. The maximum absolute atomic E-state index is 10.3. The van der Waals surface area contributed by atoms with Gasteiger partial charge in [0.05, 0.1) is 0 Å². The van der Waals surface area contributed by atoms with E-state index in [1.54, 1.807) is 0 Å². The van der Waals surface area contributed by atoms with Gasteiger partial charge in [0, 0.05) is 5.41 Å². The Hall–Kier alpha value is 0.246. The molecule has 0 radical (unpaired) electrons. The van der Waals surface area contributed by atoms with Crippen molar-refractivity contribution in [1.29, 1.82) is 0 Å². The Morgan fingerprint density at radius 3 is 2.23 bits per heavy atom. The van der Waals surface area contributed by atoms with Gasteiger partial charge < -0.3 is 11.0 Å². The molecule has 6 heteroatoms. The monoisotopic (exact) mass is 210 g/mol. The summed E-state index contributed by atoms with van der Waals surface area (Å²) in [6, 6.07) is 0. The van der Waals surface area contributed by atoms with Crippen LogP contribution in [0.25, 0.3) is 0 Å². The number of rotatable bonds is 1. The SMILES string of the molecule is CC(C)(C)c1nnc(C(=O)O)o1.[H-].[K+]. The minimum atomic E-state index is -1.20. The van der Waals surface area contributed by atoms with E-state index in [4.69, 9.17) is 9.52 Å². The van der Waals surface area contributed by atoms with E-state index in [9.17, 15) is 4.79 Å². The summed E-state index contributed by atoms with van der Waals surface area (Å²) in [4.78, 5) is 10.3. The molecule has 0 bridgehead atoms. The molecule has 0 saturated heterocycles. The number of carbonyl (C=O) groups is 1. The van der Waals surface area contributed by atoms with E-state index in [0.29, 0.717) is 5.89 Å². The first kappa shape index (κ1) is 13.2. The first-order valence-corrected chi connectivity index (χ1v) is 3.48. The van der Waals surface area contributed by atoms with E-state index in [1.807, 2.05) is 20.8 Å². The van der Waals surface area contributed by atoms with Gasteiger partial charge in [-0.25, -0.2) is 4.79 Å². The Morgan fingerprint density at radius 1 is 1.46 bits per heavy atom. The van der Waals surface area contributed by atoms with Gasteiger partial charge in [0.1, 0.15) is 0 Å². The zero-order valence-corrected chi connectivity index (χ0v) is 11.3. The van der Waals surface area contributed by atoms with Crippen molar-refractivity contribution in [3.63, 3.8) is 0 Å². The number of hydrogen-bond acceptors (Lipinski definition) is 4. The summed E-state index contributed by atoms with van der Waals surface area (Å²) in [5.74, 6) is -1.22. The average Bonchev–Trinajstić information content (AvgIpc) is 2.30. The second-order valence-electron chi connectivity index (χ2n) is 3.47. The van der Waals surface area contributed by atoms with Gasteiger partial charge in [0.15, 0.2) is 0 Å². The molecule has 68 valence electrons. The van der Waals surface area contributed by atoms with Gasteiger partial charge in [-0.2, -0.15) is 0 Å². The van der Waals surface area contributed by atoms with Crippen molar-refractivity contribution in [2.45, 2.75) is 26.2 Å². The van der Waals surface area contributed by atoms with E-state index >= 15 is 0 Å². The zero-order valence-electron chi connectivity index (χ0n) is 9.16. The number of nitrogens with zero attached hydrogens (tertiary/aromatic N) is 2. The van der Waals surface area contributed by atoms with Crippen molar-refractivity contribution >= 4 is 5.97 Å². The Balaban J connectivity index is 0. The molecule has 1 heterocycles. The molecule has 1 N–H and O–H groups in total. The first-order valence-electron chi connectivity index (χ1n) is 3.48. The molecule has 0 atom stereocenters. The number of carboxylic acids is 1. The molecule has 0 spiro atoms. The molecule has 13 heavy (non-hydrogen) atoms. The van der Waals surface area contributed by atoms with Crippen molar-refractivity contribution < 1.29 is 67.1 Å². The van der Waals surface area contributed by atoms with Crippen LogP contribution in [0.3, 0.4) is 0 Å². The van der Waals surface area contributed by atoms with Crippen LogP contribution in [-0.4, -0.2) is 21.3 Å². The second kappa shape index (κ2) is 4.65. The van der Waals surface area contributed by atoms with Gasteiger partial charge in [-0.3, -0.25) is 0 Å². The summed E-state index contributed by atoms with van der Waals surface area (Å²) >= 11 is 0. The van der Waals surface area contributed by atoms with Gasteiger partial charge >= 0.3 is 63.2 Å². The summed E-state index contributed by atoms with van der Waals surface area (Å²) in [6.07, 6.45) is 0. The van der Waals surface area contributed by atoms with Crippen molar-refractivity contribution in [2.75, 3.05) is 0 Å². The van der Waals surface area contributed by atoms with Gasteiger partial charge in [-0.05, 0) is 0 Å². The Kier molecular flexibility index (Phi) is 4.74. The van der Waals surface area contributed by atoms with E-state index in [-0.39, 0.29) is 64.1 Å². The van der Waals surface area contributed by atoms with Crippen LogP contribution in [0.4, 0.5) is 0 Å². The summed E-state index contributed by atoms with van der Waals surface area (Å²) < 4.78 is 4.89. The van der Waals surface area contributed by atoms with E-state index < -0.39 is 5.97 Å². The molecule has 0 aliphatic rings. The Morgan fingerprint density at radius 2 is 2.00 bits per heavy atom. The fraction of sp³-hybridized carbons (Fsp3) is 0.571. The van der Waals surface area contributed by atoms with Crippen molar-refractivity contribution in [2.24, 2.45) is 0 Å². The first-order chi connectivity index (χ1) is 5.41. The minimum Gasteiger partial charge on any atom is -1.00 e. The minimum absolute atomic E-state index is 0. The third-order valence-electron chi connectivity index (χ3n) is 1.25. The van der Waals surface area contributed by atoms with Gasteiger partial charge in [0.2, 0.25) is 5.89 Å². The van der Waals surface area contributed by atoms with Crippen molar-refractivity contribution in [3.05, 3.63) is 11.8 Å². The number of aromatic nitrogens is 2. The summed E-state index contributed by atoms with van der Waals surface area (Å²) in [6.45, 7) is 5.60. The summed E-state index contributed by atoms with van der Waals surface area (Å²) in [5.41, 5.74) is -0.305.